The van der Waals surface area contributed by atoms with Crippen molar-refractivity contribution in [1.29, 1.82) is 0 Å². The van der Waals surface area contributed by atoms with Crippen LogP contribution in [0.5, 0.6) is 0 Å². The molecule has 4 rings (SSSR count). The molecular weight excluding hydrogens is 333 g/mol. The van der Waals surface area contributed by atoms with Gasteiger partial charge in [0.2, 0.25) is 0 Å². The van der Waals surface area contributed by atoms with Crippen molar-refractivity contribution >= 4 is 27.0 Å². The summed E-state index contributed by atoms with van der Waals surface area (Å²) in [6.45, 7) is 0.914. The molecule has 0 amide bonds. The van der Waals surface area contributed by atoms with E-state index in [2.05, 4.69) is 32.3 Å². The van der Waals surface area contributed by atoms with Crippen molar-refractivity contribution in [1.82, 2.24) is 15.0 Å². The predicted molar refractivity (Wildman–Crippen MR) is 82.2 cm³/mol. The molecule has 1 heterocycles. The fourth-order valence-corrected chi connectivity index (χ4v) is 3.15. The van der Waals surface area contributed by atoms with Crippen LogP contribution in [0.25, 0.3) is 22.2 Å². The maximum Gasteiger partial charge on any atom is 0.131 e. The molecule has 0 atom stereocenters. The lowest BCUT2D eigenvalue weighted by Crippen LogP contribution is -2.01. The Kier molecular flexibility index (Phi) is 3.03. The molecule has 5 heteroatoms. The number of hydrogen-bond acceptors (Lipinski definition) is 2. The Bertz CT molecular complexity index is 824. The fourth-order valence-electron chi connectivity index (χ4n) is 2.52. The van der Waals surface area contributed by atoms with Crippen LogP contribution in [0.15, 0.2) is 34.8 Å². The minimum atomic E-state index is -0.289. The molecule has 21 heavy (non-hydrogen) atoms. The van der Waals surface area contributed by atoms with E-state index in [1.807, 2.05) is 16.8 Å². The normalized spacial score (nSPS) is 14.8. The first-order valence-electron chi connectivity index (χ1n) is 6.91. The van der Waals surface area contributed by atoms with Crippen molar-refractivity contribution in [2.75, 3.05) is 0 Å². The summed E-state index contributed by atoms with van der Waals surface area (Å²) in [4.78, 5) is 0. The largest absolute Gasteiger partial charge is 0.244 e. The lowest BCUT2D eigenvalue weighted by atomic mass is 10.0. The summed E-state index contributed by atoms with van der Waals surface area (Å²) in [5.41, 5.74) is 3.09. The summed E-state index contributed by atoms with van der Waals surface area (Å²) in [5, 5.41) is 8.48. The van der Waals surface area contributed by atoms with Gasteiger partial charge in [0.15, 0.2) is 0 Å². The first-order valence-corrected chi connectivity index (χ1v) is 7.71. The predicted octanol–water partition coefficient (Wildman–Crippen LogP) is 4.21. The van der Waals surface area contributed by atoms with Gasteiger partial charge in [0, 0.05) is 17.7 Å². The van der Waals surface area contributed by atoms with Crippen molar-refractivity contribution < 1.29 is 4.39 Å². The zero-order valence-electron chi connectivity index (χ0n) is 11.2. The highest BCUT2D eigenvalue weighted by molar-refractivity contribution is 9.10. The minimum absolute atomic E-state index is 0.289. The van der Waals surface area contributed by atoms with Crippen LogP contribution in [0.2, 0.25) is 0 Å². The summed E-state index contributed by atoms with van der Waals surface area (Å²) in [5.74, 6) is 0.443. The van der Waals surface area contributed by atoms with Gasteiger partial charge in [-0.25, -0.2) is 9.07 Å². The third kappa shape index (κ3) is 2.25. The van der Waals surface area contributed by atoms with Crippen LogP contribution in [0, 0.1) is 17.8 Å². The number of halogens is 2. The van der Waals surface area contributed by atoms with Gasteiger partial charge in [-0.2, -0.15) is 0 Å². The lowest BCUT2D eigenvalue weighted by molar-refractivity contribution is 0.559. The maximum atomic E-state index is 13.9. The third-order valence-electron chi connectivity index (χ3n) is 3.86. The lowest BCUT2D eigenvalue weighted by Gasteiger charge is -2.07. The number of benzene rings is 2. The number of rotatable bonds is 3. The van der Waals surface area contributed by atoms with E-state index in [9.17, 15) is 4.39 Å². The van der Waals surface area contributed by atoms with Gasteiger partial charge in [0.1, 0.15) is 11.3 Å². The first-order chi connectivity index (χ1) is 10.2. The van der Waals surface area contributed by atoms with Crippen LogP contribution in [-0.4, -0.2) is 15.0 Å². The van der Waals surface area contributed by atoms with E-state index in [1.165, 1.54) is 18.9 Å². The Morgan fingerprint density at radius 2 is 2.14 bits per heavy atom. The monoisotopic (exact) mass is 344 g/mol. The van der Waals surface area contributed by atoms with E-state index in [0.717, 1.165) is 33.5 Å². The summed E-state index contributed by atoms with van der Waals surface area (Å²) in [6.07, 6.45) is 2.54. The van der Waals surface area contributed by atoms with Crippen LogP contribution in [-0.2, 0) is 6.54 Å². The number of fused-ring (bicyclic) bond motifs is 1. The SMILES string of the molecule is Fc1c[c]ccc1-c1ccc2c(nnn2CC2CC2)c1Br. The highest BCUT2D eigenvalue weighted by Crippen LogP contribution is 2.36. The third-order valence-corrected chi connectivity index (χ3v) is 4.66. The van der Waals surface area contributed by atoms with E-state index in [-0.39, 0.29) is 5.82 Å². The second-order valence-corrected chi connectivity index (χ2v) is 6.21. The van der Waals surface area contributed by atoms with Gasteiger partial charge in [-0.3, -0.25) is 0 Å². The van der Waals surface area contributed by atoms with Crippen LogP contribution >= 0.6 is 15.9 Å². The highest BCUT2D eigenvalue weighted by Gasteiger charge is 2.24. The molecule has 1 aliphatic rings. The van der Waals surface area contributed by atoms with E-state index in [1.54, 1.807) is 12.1 Å². The molecule has 3 nitrogen and oxygen atoms in total. The first kappa shape index (κ1) is 13.0. The number of hydrogen-bond donors (Lipinski definition) is 0. The van der Waals surface area contributed by atoms with Crippen LogP contribution in [0.3, 0.4) is 0 Å². The Morgan fingerprint density at radius 1 is 1.29 bits per heavy atom. The van der Waals surface area contributed by atoms with E-state index in [4.69, 9.17) is 0 Å². The van der Waals surface area contributed by atoms with Crippen molar-refractivity contribution in [3.05, 3.63) is 46.7 Å². The van der Waals surface area contributed by atoms with Crippen LogP contribution in [0.1, 0.15) is 12.8 Å². The van der Waals surface area contributed by atoms with Crippen molar-refractivity contribution in [3.63, 3.8) is 0 Å². The molecule has 3 aromatic rings. The number of aromatic nitrogens is 3. The quantitative estimate of drug-likeness (QED) is 0.712. The molecule has 1 radical (unpaired) electrons. The van der Waals surface area contributed by atoms with Gasteiger partial charge < -0.3 is 0 Å². The zero-order valence-corrected chi connectivity index (χ0v) is 12.8. The highest BCUT2D eigenvalue weighted by atomic mass is 79.9. The average molecular weight is 345 g/mol. The van der Waals surface area contributed by atoms with Crippen LogP contribution < -0.4 is 0 Å². The summed E-state index contributed by atoms with van der Waals surface area (Å²) >= 11 is 3.56. The molecule has 0 aliphatic heterocycles. The van der Waals surface area contributed by atoms with E-state index in [0.29, 0.717) is 5.56 Å². The Balaban J connectivity index is 1.85. The minimum Gasteiger partial charge on any atom is -0.244 e. The molecule has 1 fully saturated rings. The standard InChI is InChI=1S/C16H12BrFN3/c17-15-12(11-3-1-2-4-13(11)18)7-8-14-16(15)19-20-21(14)9-10-5-6-10/h1,3-4,7-8,10H,5-6,9H2. The van der Waals surface area contributed by atoms with Crippen LogP contribution in [0.4, 0.5) is 4.39 Å². The second kappa shape index (κ2) is 4.91. The molecule has 0 saturated heterocycles. The smallest absolute Gasteiger partial charge is 0.131 e. The van der Waals surface area contributed by atoms with Gasteiger partial charge in [0.25, 0.3) is 0 Å². The summed E-state index contributed by atoms with van der Waals surface area (Å²) in [6, 6.07) is 11.4. The van der Waals surface area contributed by atoms with Gasteiger partial charge >= 0.3 is 0 Å². The molecule has 1 saturated carbocycles. The second-order valence-electron chi connectivity index (χ2n) is 5.42. The molecule has 0 unspecified atom stereocenters. The van der Waals surface area contributed by atoms with E-state index >= 15 is 0 Å². The summed E-state index contributed by atoms with van der Waals surface area (Å²) < 4.78 is 16.7. The molecule has 1 aliphatic carbocycles. The van der Waals surface area contributed by atoms with Gasteiger partial charge in [-0.15, -0.1) is 5.10 Å². The molecule has 105 valence electrons. The molecule has 0 spiro atoms. The Morgan fingerprint density at radius 3 is 2.90 bits per heavy atom. The molecule has 2 aromatic carbocycles. The Labute approximate surface area is 129 Å². The van der Waals surface area contributed by atoms with Gasteiger partial charge in [-0.05, 0) is 52.9 Å². The van der Waals surface area contributed by atoms with Crippen molar-refractivity contribution in [2.45, 2.75) is 19.4 Å². The fraction of sp³-hybridized carbons (Fsp3) is 0.250. The van der Waals surface area contributed by atoms with Gasteiger partial charge in [0.05, 0.1) is 9.99 Å². The summed E-state index contributed by atoms with van der Waals surface area (Å²) in [7, 11) is 0. The molecule has 0 N–H and O–H groups in total. The van der Waals surface area contributed by atoms with Gasteiger partial charge in [-0.1, -0.05) is 23.4 Å². The molecule has 1 aromatic heterocycles. The molecular formula is C16H12BrFN3. The maximum absolute atomic E-state index is 13.9. The van der Waals surface area contributed by atoms with E-state index < -0.39 is 0 Å². The topological polar surface area (TPSA) is 30.7 Å². The Hall–Kier alpha value is -1.75. The van der Waals surface area contributed by atoms with Crippen molar-refractivity contribution in [2.24, 2.45) is 5.92 Å². The van der Waals surface area contributed by atoms with Crippen molar-refractivity contribution in [3.8, 4) is 11.1 Å². The number of nitrogens with zero attached hydrogens (tertiary/aromatic N) is 3. The average Bonchev–Trinajstić information content (AvgIpc) is 3.20. The zero-order chi connectivity index (χ0) is 14.4. The molecule has 0 bridgehead atoms.